The minimum absolute atomic E-state index is 0.118. The van der Waals surface area contributed by atoms with Gasteiger partial charge in [0.25, 0.3) is 0 Å². The van der Waals surface area contributed by atoms with E-state index in [0.29, 0.717) is 25.4 Å². The van der Waals surface area contributed by atoms with E-state index < -0.39 is 13.4 Å². The second-order valence-electron chi connectivity index (χ2n) is 7.57. The molecular formula is C21H28NO5P. The lowest BCUT2D eigenvalue weighted by Gasteiger charge is -2.24. The molecule has 0 aliphatic heterocycles. The Morgan fingerprint density at radius 1 is 1.11 bits per heavy atom. The van der Waals surface area contributed by atoms with Crippen LogP contribution in [0.1, 0.15) is 42.7 Å². The lowest BCUT2D eigenvalue weighted by molar-refractivity contribution is 0.153. The third kappa shape index (κ3) is 6.43. The molecule has 152 valence electrons. The van der Waals surface area contributed by atoms with Crippen LogP contribution in [0.5, 0.6) is 5.75 Å². The predicted octanol–water partition coefficient (Wildman–Crippen LogP) is 3.77. The second-order valence-corrected chi connectivity index (χ2v) is 8.81. The van der Waals surface area contributed by atoms with Crippen LogP contribution >= 0.6 is 7.82 Å². The SMILES string of the molecule is N[C@@]1(COP(=O)(O)O)CC[C@@H](c2ccc(CCCOc3ccccc3)cc2)C1. The molecule has 2 aromatic rings. The van der Waals surface area contributed by atoms with Gasteiger partial charge in [-0.1, -0.05) is 42.5 Å². The Morgan fingerprint density at radius 3 is 2.50 bits per heavy atom. The molecule has 0 radical (unpaired) electrons. The minimum atomic E-state index is -4.48. The smallest absolute Gasteiger partial charge is 0.469 e. The first-order chi connectivity index (χ1) is 13.3. The van der Waals surface area contributed by atoms with Crippen LogP contribution in [0.4, 0.5) is 0 Å². The van der Waals surface area contributed by atoms with Gasteiger partial charge in [-0.15, -0.1) is 0 Å². The van der Waals surface area contributed by atoms with Crippen LogP contribution in [0.2, 0.25) is 0 Å². The van der Waals surface area contributed by atoms with Gasteiger partial charge in [-0.3, -0.25) is 4.52 Å². The van der Waals surface area contributed by atoms with Crippen LogP contribution in [0.15, 0.2) is 54.6 Å². The number of hydrogen-bond acceptors (Lipinski definition) is 4. The standard InChI is InChI=1S/C21H28NO5P/c22-21(16-27-28(23,24)25)13-12-19(15-21)18-10-8-17(9-11-18)5-4-14-26-20-6-2-1-3-7-20/h1-3,6-11,19H,4-5,12-16,22H2,(H2,23,24,25)/t19-,21+/m1/s1. The Hall–Kier alpha value is -1.69. The van der Waals surface area contributed by atoms with Crippen molar-refractivity contribution in [3.63, 3.8) is 0 Å². The summed E-state index contributed by atoms with van der Waals surface area (Å²) in [5, 5.41) is 0. The Labute approximate surface area is 165 Å². The molecule has 4 N–H and O–H groups in total. The quantitative estimate of drug-likeness (QED) is 0.434. The monoisotopic (exact) mass is 405 g/mol. The molecule has 0 heterocycles. The van der Waals surface area contributed by atoms with Crippen LogP contribution in [-0.2, 0) is 15.5 Å². The maximum atomic E-state index is 10.9. The van der Waals surface area contributed by atoms with Crippen molar-refractivity contribution in [2.75, 3.05) is 13.2 Å². The molecule has 2 atom stereocenters. The molecule has 0 spiro atoms. The topological polar surface area (TPSA) is 102 Å². The number of ether oxygens (including phenoxy) is 1. The summed E-state index contributed by atoms with van der Waals surface area (Å²) in [6, 6.07) is 18.4. The molecule has 2 aromatic carbocycles. The van der Waals surface area contributed by atoms with E-state index in [0.717, 1.165) is 25.0 Å². The first kappa shape index (κ1) is 21.0. The molecule has 6 nitrogen and oxygen atoms in total. The van der Waals surface area contributed by atoms with Gasteiger partial charge in [0, 0.05) is 5.54 Å². The van der Waals surface area contributed by atoms with Crippen molar-refractivity contribution < 1.29 is 23.6 Å². The summed E-state index contributed by atoms with van der Waals surface area (Å²) in [7, 11) is -4.48. The van der Waals surface area contributed by atoms with E-state index in [4.69, 9.17) is 20.3 Å². The molecule has 1 fully saturated rings. The van der Waals surface area contributed by atoms with E-state index in [1.807, 2.05) is 30.3 Å². The number of phosphoric ester groups is 1. The van der Waals surface area contributed by atoms with E-state index >= 15 is 0 Å². The van der Waals surface area contributed by atoms with Gasteiger partial charge in [0.15, 0.2) is 0 Å². The average Bonchev–Trinajstić information content (AvgIpc) is 3.07. The molecule has 0 amide bonds. The van der Waals surface area contributed by atoms with Crippen molar-refractivity contribution in [2.45, 2.75) is 43.6 Å². The fourth-order valence-electron chi connectivity index (χ4n) is 3.72. The summed E-state index contributed by atoms with van der Waals surface area (Å²) < 4.78 is 21.3. The number of nitrogens with two attached hydrogens (primary N) is 1. The van der Waals surface area contributed by atoms with Crippen molar-refractivity contribution in [2.24, 2.45) is 5.73 Å². The highest BCUT2D eigenvalue weighted by Crippen LogP contribution is 2.43. The average molecular weight is 405 g/mol. The Balaban J connectivity index is 1.44. The molecule has 28 heavy (non-hydrogen) atoms. The molecule has 7 heteroatoms. The lowest BCUT2D eigenvalue weighted by atomic mass is 9.93. The Bertz CT molecular complexity index is 792. The van der Waals surface area contributed by atoms with Gasteiger partial charge in [0.1, 0.15) is 5.75 Å². The largest absolute Gasteiger partial charge is 0.494 e. The van der Waals surface area contributed by atoms with Gasteiger partial charge in [0.05, 0.1) is 13.2 Å². The van der Waals surface area contributed by atoms with E-state index in [1.54, 1.807) is 0 Å². The van der Waals surface area contributed by atoms with Crippen LogP contribution in [0.25, 0.3) is 0 Å². The number of benzene rings is 2. The normalized spacial score (nSPS) is 22.3. The van der Waals surface area contributed by atoms with E-state index in [1.165, 1.54) is 11.1 Å². The van der Waals surface area contributed by atoms with Crippen LogP contribution < -0.4 is 10.5 Å². The molecule has 1 aliphatic carbocycles. The third-order valence-electron chi connectivity index (χ3n) is 5.24. The number of hydrogen-bond donors (Lipinski definition) is 3. The Kier molecular flexibility index (Phi) is 6.91. The van der Waals surface area contributed by atoms with Crippen LogP contribution in [0, 0.1) is 0 Å². The maximum absolute atomic E-state index is 10.9. The molecule has 0 saturated heterocycles. The van der Waals surface area contributed by atoms with Gasteiger partial charge in [-0.05, 0) is 61.3 Å². The molecular weight excluding hydrogens is 377 g/mol. The zero-order chi connectivity index (χ0) is 20.0. The fourth-order valence-corrected chi connectivity index (χ4v) is 4.15. The fraction of sp³-hybridized carbons (Fsp3) is 0.429. The summed E-state index contributed by atoms with van der Waals surface area (Å²) in [4.78, 5) is 17.8. The first-order valence-electron chi connectivity index (χ1n) is 9.59. The van der Waals surface area contributed by atoms with Gasteiger partial charge in [-0.2, -0.15) is 0 Å². The van der Waals surface area contributed by atoms with E-state index in [-0.39, 0.29) is 6.61 Å². The van der Waals surface area contributed by atoms with Crippen molar-refractivity contribution in [3.05, 3.63) is 65.7 Å². The van der Waals surface area contributed by atoms with Crippen molar-refractivity contribution in [1.82, 2.24) is 0 Å². The highest BCUT2D eigenvalue weighted by molar-refractivity contribution is 7.46. The first-order valence-corrected chi connectivity index (χ1v) is 11.1. The molecule has 1 saturated carbocycles. The molecule has 0 aromatic heterocycles. The van der Waals surface area contributed by atoms with Gasteiger partial charge in [-0.25, -0.2) is 4.57 Å². The summed E-state index contributed by atoms with van der Waals surface area (Å²) >= 11 is 0. The van der Waals surface area contributed by atoms with E-state index in [9.17, 15) is 4.57 Å². The second kappa shape index (κ2) is 9.21. The number of phosphoric acid groups is 1. The maximum Gasteiger partial charge on any atom is 0.469 e. The van der Waals surface area contributed by atoms with E-state index in [2.05, 4.69) is 28.8 Å². The van der Waals surface area contributed by atoms with Crippen molar-refractivity contribution in [1.29, 1.82) is 0 Å². The van der Waals surface area contributed by atoms with Gasteiger partial charge < -0.3 is 20.3 Å². The van der Waals surface area contributed by atoms with Crippen LogP contribution in [-0.4, -0.2) is 28.5 Å². The molecule has 1 aliphatic rings. The number of rotatable bonds is 9. The zero-order valence-corrected chi connectivity index (χ0v) is 16.8. The summed E-state index contributed by atoms with van der Waals surface area (Å²) in [5.41, 5.74) is 8.07. The van der Waals surface area contributed by atoms with Gasteiger partial charge >= 0.3 is 7.82 Å². The Morgan fingerprint density at radius 2 is 1.82 bits per heavy atom. The number of aryl methyl sites for hydroxylation is 1. The van der Waals surface area contributed by atoms with Crippen molar-refractivity contribution in [3.8, 4) is 5.75 Å². The number of para-hydroxylation sites is 1. The summed E-state index contributed by atoms with van der Waals surface area (Å²) in [6.07, 6.45) is 4.15. The summed E-state index contributed by atoms with van der Waals surface area (Å²) in [5.74, 6) is 1.19. The highest BCUT2D eigenvalue weighted by Gasteiger charge is 2.38. The molecule has 3 rings (SSSR count). The third-order valence-corrected chi connectivity index (χ3v) is 5.70. The summed E-state index contributed by atoms with van der Waals surface area (Å²) in [6.45, 7) is 0.566. The molecule has 0 unspecified atom stereocenters. The van der Waals surface area contributed by atoms with Crippen LogP contribution in [0.3, 0.4) is 0 Å². The van der Waals surface area contributed by atoms with Gasteiger partial charge in [0.2, 0.25) is 0 Å². The predicted molar refractivity (Wildman–Crippen MR) is 108 cm³/mol. The van der Waals surface area contributed by atoms with Crippen molar-refractivity contribution >= 4 is 7.82 Å². The lowest BCUT2D eigenvalue weighted by Crippen LogP contribution is -2.41. The highest BCUT2D eigenvalue weighted by atomic mass is 31.2. The zero-order valence-electron chi connectivity index (χ0n) is 15.9. The molecule has 0 bridgehead atoms. The minimum Gasteiger partial charge on any atom is -0.494 e.